The van der Waals surface area contributed by atoms with Crippen LogP contribution in [0.3, 0.4) is 0 Å². The number of nitrogens with zero attached hydrogens (tertiary/aromatic N) is 4. The molecular formula is C18H28N4O2. The van der Waals surface area contributed by atoms with Gasteiger partial charge in [0.15, 0.2) is 0 Å². The highest BCUT2D eigenvalue weighted by molar-refractivity contribution is 5.81. The largest absolute Gasteiger partial charge is 0.366 e. The van der Waals surface area contributed by atoms with E-state index in [1.165, 1.54) is 5.56 Å². The van der Waals surface area contributed by atoms with E-state index < -0.39 is 0 Å². The Morgan fingerprint density at radius 3 is 2.67 bits per heavy atom. The van der Waals surface area contributed by atoms with E-state index in [1.807, 2.05) is 31.4 Å². The first-order valence-corrected chi connectivity index (χ1v) is 8.81. The van der Waals surface area contributed by atoms with E-state index in [2.05, 4.69) is 26.9 Å². The van der Waals surface area contributed by atoms with Crippen molar-refractivity contribution in [1.82, 2.24) is 19.7 Å². The summed E-state index contributed by atoms with van der Waals surface area (Å²) in [6, 6.07) is 4.46. The average Bonchev–Trinajstić information content (AvgIpc) is 2.62. The predicted octanol–water partition coefficient (Wildman–Crippen LogP) is 0.835. The highest BCUT2D eigenvalue weighted by Gasteiger charge is 2.32. The van der Waals surface area contributed by atoms with Gasteiger partial charge in [-0.3, -0.25) is 14.7 Å². The minimum atomic E-state index is -0.302. The van der Waals surface area contributed by atoms with Crippen LogP contribution in [-0.2, 0) is 16.1 Å². The van der Waals surface area contributed by atoms with Crippen LogP contribution in [0.25, 0.3) is 0 Å². The number of ether oxygens (including phenoxy) is 1. The van der Waals surface area contributed by atoms with Crippen LogP contribution in [-0.4, -0.2) is 84.6 Å². The molecule has 3 rings (SSSR count). The van der Waals surface area contributed by atoms with Crippen LogP contribution in [0.1, 0.15) is 18.4 Å². The van der Waals surface area contributed by atoms with Crippen LogP contribution >= 0.6 is 0 Å². The molecule has 1 atom stereocenters. The number of morpholine rings is 1. The molecule has 0 radical (unpaired) electrons. The Labute approximate surface area is 144 Å². The molecule has 24 heavy (non-hydrogen) atoms. The summed E-state index contributed by atoms with van der Waals surface area (Å²) in [5, 5.41) is 0. The minimum Gasteiger partial charge on any atom is -0.366 e. The van der Waals surface area contributed by atoms with Gasteiger partial charge in [0, 0.05) is 58.2 Å². The van der Waals surface area contributed by atoms with E-state index in [-0.39, 0.29) is 12.0 Å². The van der Waals surface area contributed by atoms with Crippen LogP contribution in [0, 0.1) is 0 Å². The van der Waals surface area contributed by atoms with Crippen LogP contribution in [0.5, 0.6) is 0 Å². The first-order valence-electron chi connectivity index (χ1n) is 8.81. The molecular weight excluding hydrogens is 304 g/mol. The normalized spacial score (nSPS) is 24.0. The molecule has 1 aromatic rings. The van der Waals surface area contributed by atoms with Gasteiger partial charge in [0.05, 0.1) is 6.61 Å². The molecule has 1 unspecified atom stereocenters. The molecule has 0 bridgehead atoms. The number of likely N-dealkylation sites (tertiary alicyclic amines) is 1. The van der Waals surface area contributed by atoms with Crippen molar-refractivity contribution in [3.8, 4) is 0 Å². The molecule has 1 amide bonds. The molecule has 2 fully saturated rings. The molecule has 0 spiro atoms. The monoisotopic (exact) mass is 332 g/mol. The molecule has 0 saturated carbocycles. The summed E-state index contributed by atoms with van der Waals surface area (Å²) in [6.07, 6.45) is 5.43. The number of hydrogen-bond acceptors (Lipinski definition) is 5. The van der Waals surface area contributed by atoms with Gasteiger partial charge in [0.1, 0.15) is 6.10 Å². The molecule has 0 aromatic carbocycles. The molecule has 3 heterocycles. The third-order valence-corrected chi connectivity index (χ3v) is 5.15. The average molecular weight is 332 g/mol. The first kappa shape index (κ1) is 17.3. The fraction of sp³-hybridized carbons (Fsp3) is 0.667. The summed E-state index contributed by atoms with van der Waals surface area (Å²) in [4.78, 5) is 23.3. The Morgan fingerprint density at radius 1 is 1.29 bits per heavy atom. The van der Waals surface area contributed by atoms with Gasteiger partial charge in [-0.2, -0.15) is 0 Å². The van der Waals surface area contributed by atoms with Crippen molar-refractivity contribution >= 4 is 5.91 Å². The SMILES string of the molecule is CN1CCOC(C(=O)N(C)C2CCN(Cc3ccncc3)CC2)C1. The van der Waals surface area contributed by atoms with Crippen LogP contribution in [0.15, 0.2) is 24.5 Å². The van der Waals surface area contributed by atoms with Gasteiger partial charge in [-0.05, 0) is 37.6 Å². The van der Waals surface area contributed by atoms with Gasteiger partial charge < -0.3 is 14.5 Å². The molecule has 6 nitrogen and oxygen atoms in total. The second-order valence-electron chi connectivity index (χ2n) is 6.93. The molecule has 0 aliphatic carbocycles. The Kier molecular flexibility index (Phi) is 5.81. The van der Waals surface area contributed by atoms with Crippen LogP contribution in [0.2, 0.25) is 0 Å². The molecule has 1 aromatic heterocycles. The number of aromatic nitrogens is 1. The van der Waals surface area contributed by atoms with E-state index >= 15 is 0 Å². The topological polar surface area (TPSA) is 48.9 Å². The lowest BCUT2D eigenvalue weighted by molar-refractivity contribution is -0.150. The Bertz CT molecular complexity index is 531. The standard InChI is InChI=1S/C18H28N4O2/c1-20-11-12-24-17(14-20)18(23)21(2)16-5-9-22(10-6-16)13-15-3-7-19-8-4-15/h3-4,7-8,16-17H,5-6,9-14H2,1-2H3. The lowest BCUT2D eigenvalue weighted by Gasteiger charge is -2.39. The first-order chi connectivity index (χ1) is 11.6. The fourth-order valence-electron chi connectivity index (χ4n) is 3.55. The molecule has 6 heteroatoms. The van der Waals surface area contributed by atoms with Crippen molar-refractivity contribution < 1.29 is 9.53 Å². The second kappa shape index (κ2) is 8.05. The van der Waals surface area contributed by atoms with Gasteiger partial charge in [0.25, 0.3) is 5.91 Å². The van der Waals surface area contributed by atoms with E-state index in [1.54, 1.807) is 0 Å². The van der Waals surface area contributed by atoms with Gasteiger partial charge in [-0.25, -0.2) is 0 Å². The summed E-state index contributed by atoms with van der Waals surface area (Å²) in [5.41, 5.74) is 1.30. The van der Waals surface area contributed by atoms with E-state index in [9.17, 15) is 4.79 Å². The van der Waals surface area contributed by atoms with Gasteiger partial charge in [-0.1, -0.05) is 0 Å². The third kappa shape index (κ3) is 4.32. The number of carbonyl (C=O) groups is 1. The zero-order chi connectivity index (χ0) is 16.9. The number of likely N-dealkylation sites (N-methyl/N-ethyl adjacent to an activating group) is 2. The predicted molar refractivity (Wildman–Crippen MR) is 92.5 cm³/mol. The maximum absolute atomic E-state index is 12.7. The minimum absolute atomic E-state index is 0.133. The molecule has 132 valence electrons. The van der Waals surface area contributed by atoms with Gasteiger partial charge >= 0.3 is 0 Å². The molecule has 2 aliphatic rings. The number of rotatable bonds is 4. The second-order valence-corrected chi connectivity index (χ2v) is 6.93. The lowest BCUT2D eigenvalue weighted by atomic mass is 10.0. The third-order valence-electron chi connectivity index (χ3n) is 5.15. The fourth-order valence-corrected chi connectivity index (χ4v) is 3.55. The molecule has 2 aliphatic heterocycles. The zero-order valence-corrected chi connectivity index (χ0v) is 14.7. The Hall–Kier alpha value is -1.50. The van der Waals surface area contributed by atoms with Crippen LogP contribution < -0.4 is 0 Å². The molecule has 2 saturated heterocycles. The van der Waals surface area contributed by atoms with Gasteiger partial charge in [0.2, 0.25) is 0 Å². The number of carbonyl (C=O) groups excluding carboxylic acids is 1. The Balaban J connectivity index is 1.48. The quantitative estimate of drug-likeness (QED) is 0.818. The molecule has 0 N–H and O–H groups in total. The summed E-state index contributed by atoms with van der Waals surface area (Å²) in [7, 11) is 3.98. The van der Waals surface area contributed by atoms with E-state index in [0.29, 0.717) is 19.2 Å². The van der Waals surface area contributed by atoms with Gasteiger partial charge in [-0.15, -0.1) is 0 Å². The van der Waals surface area contributed by atoms with E-state index in [4.69, 9.17) is 4.74 Å². The smallest absolute Gasteiger partial charge is 0.253 e. The zero-order valence-electron chi connectivity index (χ0n) is 14.7. The Morgan fingerprint density at radius 2 is 2.00 bits per heavy atom. The number of piperidine rings is 1. The number of hydrogen-bond donors (Lipinski definition) is 0. The summed E-state index contributed by atoms with van der Waals surface area (Å²) in [6.45, 7) is 5.26. The van der Waals surface area contributed by atoms with Crippen molar-refractivity contribution in [2.24, 2.45) is 0 Å². The highest BCUT2D eigenvalue weighted by atomic mass is 16.5. The van der Waals surface area contributed by atoms with Crippen molar-refractivity contribution in [3.05, 3.63) is 30.1 Å². The lowest BCUT2D eigenvalue weighted by Crippen LogP contribution is -2.53. The van der Waals surface area contributed by atoms with Crippen molar-refractivity contribution in [2.75, 3.05) is 46.9 Å². The summed E-state index contributed by atoms with van der Waals surface area (Å²) in [5.74, 6) is 0.133. The van der Waals surface area contributed by atoms with Crippen molar-refractivity contribution in [2.45, 2.75) is 31.5 Å². The summed E-state index contributed by atoms with van der Waals surface area (Å²) >= 11 is 0. The number of amides is 1. The van der Waals surface area contributed by atoms with E-state index in [0.717, 1.165) is 39.0 Å². The maximum Gasteiger partial charge on any atom is 0.253 e. The maximum atomic E-state index is 12.7. The summed E-state index contributed by atoms with van der Waals surface area (Å²) < 4.78 is 5.67. The highest BCUT2D eigenvalue weighted by Crippen LogP contribution is 2.19. The van der Waals surface area contributed by atoms with Crippen molar-refractivity contribution in [3.63, 3.8) is 0 Å². The van der Waals surface area contributed by atoms with Crippen LogP contribution in [0.4, 0.5) is 0 Å². The number of pyridine rings is 1. The van der Waals surface area contributed by atoms with Crippen molar-refractivity contribution in [1.29, 1.82) is 0 Å².